The van der Waals surface area contributed by atoms with E-state index in [0.717, 1.165) is 5.52 Å². The van der Waals surface area contributed by atoms with Gasteiger partial charge in [0, 0.05) is 30.2 Å². The summed E-state index contributed by atoms with van der Waals surface area (Å²) in [6.07, 6.45) is 1.51. The standard InChI is InChI=1S/C13H15N3O4S/c17-13(11-9-14-12-4-2-1-3-10(11)12)15-21(18,19)16-5-7-20-8-6-16/h1-4,9,14H,5-8H2,(H,15,17). The van der Waals surface area contributed by atoms with Gasteiger partial charge in [-0.25, -0.2) is 4.72 Å². The summed E-state index contributed by atoms with van der Waals surface area (Å²) in [6.45, 7) is 1.16. The minimum atomic E-state index is -3.84. The van der Waals surface area contributed by atoms with Crippen LogP contribution in [0, 0.1) is 0 Å². The van der Waals surface area contributed by atoms with Gasteiger partial charge in [0.1, 0.15) is 0 Å². The number of para-hydroxylation sites is 1. The van der Waals surface area contributed by atoms with E-state index in [1.54, 1.807) is 12.1 Å². The number of fused-ring (bicyclic) bond motifs is 1. The Labute approximate surface area is 122 Å². The zero-order valence-corrected chi connectivity index (χ0v) is 12.0. The fraction of sp³-hybridized carbons (Fsp3) is 0.308. The maximum absolute atomic E-state index is 12.2. The van der Waals surface area contributed by atoms with Gasteiger partial charge in [-0.3, -0.25) is 4.79 Å². The molecule has 0 spiro atoms. The lowest BCUT2D eigenvalue weighted by atomic mass is 10.2. The highest BCUT2D eigenvalue weighted by atomic mass is 32.2. The van der Waals surface area contributed by atoms with Gasteiger partial charge in [0.2, 0.25) is 0 Å². The van der Waals surface area contributed by atoms with E-state index in [1.807, 2.05) is 12.1 Å². The molecule has 1 amide bonds. The molecule has 112 valence electrons. The molecule has 2 heterocycles. The lowest BCUT2D eigenvalue weighted by molar-refractivity contribution is 0.0719. The lowest BCUT2D eigenvalue weighted by Gasteiger charge is -2.25. The Bertz CT molecular complexity index is 763. The maximum atomic E-state index is 12.2. The number of amides is 1. The molecular weight excluding hydrogens is 294 g/mol. The van der Waals surface area contributed by atoms with Crippen LogP contribution in [0.15, 0.2) is 30.5 Å². The summed E-state index contributed by atoms with van der Waals surface area (Å²) in [6, 6.07) is 7.22. The van der Waals surface area contributed by atoms with Crippen LogP contribution in [-0.2, 0) is 14.9 Å². The van der Waals surface area contributed by atoms with Crippen molar-refractivity contribution in [1.82, 2.24) is 14.0 Å². The van der Waals surface area contributed by atoms with Crippen LogP contribution in [0.1, 0.15) is 10.4 Å². The van der Waals surface area contributed by atoms with Crippen molar-refractivity contribution in [3.63, 3.8) is 0 Å². The summed E-state index contributed by atoms with van der Waals surface area (Å²) in [7, 11) is -3.84. The molecule has 1 fully saturated rings. The van der Waals surface area contributed by atoms with E-state index < -0.39 is 16.1 Å². The number of aromatic nitrogens is 1. The second-order valence-electron chi connectivity index (χ2n) is 4.70. The van der Waals surface area contributed by atoms with Crippen molar-refractivity contribution in [2.24, 2.45) is 0 Å². The second kappa shape index (κ2) is 5.47. The van der Waals surface area contributed by atoms with Gasteiger partial charge in [-0.2, -0.15) is 12.7 Å². The molecule has 2 aromatic rings. The van der Waals surface area contributed by atoms with Crippen molar-refractivity contribution < 1.29 is 17.9 Å². The Morgan fingerprint density at radius 2 is 1.95 bits per heavy atom. The number of nitrogens with zero attached hydrogens (tertiary/aromatic N) is 1. The number of aromatic amines is 1. The normalized spacial score (nSPS) is 17.0. The van der Waals surface area contributed by atoms with Crippen LogP contribution in [-0.4, -0.2) is 49.9 Å². The number of nitrogens with one attached hydrogen (secondary N) is 2. The molecule has 0 aliphatic carbocycles. The molecule has 2 N–H and O–H groups in total. The predicted molar refractivity (Wildman–Crippen MR) is 77.1 cm³/mol. The molecule has 8 heteroatoms. The largest absolute Gasteiger partial charge is 0.379 e. The van der Waals surface area contributed by atoms with Gasteiger partial charge in [-0.15, -0.1) is 0 Å². The average molecular weight is 309 g/mol. The molecule has 0 radical (unpaired) electrons. The molecule has 21 heavy (non-hydrogen) atoms. The molecular formula is C13H15N3O4S. The van der Waals surface area contributed by atoms with Crippen LogP contribution in [0.25, 0.3) is 10.9 Å². The van der Waals surface area contributed by atoms with E-state index in [1.165, 1.54) is 10.5 Å². The molecule has 1 aromatic heterocycles. The van der Waals surface area contributed by atoms with Crippen LogP contribution >= 0.6 is 0 Å². The molecule has 1 aromatic carbocycles. The number of carbonyl (C=O) groups is 1. The summed E-state index contributed by atoms with van der Waals surface area (Å²) in [5.41, 5.74) is 1.09. The summed E-state index contributed by atoms with van der Waals surface area (Å²) in [5.74, 6) is -0.640. The fourth-order valence-electron chi connectivity index (χ4n) is 2.28. The van der Waals surface area contributed by atoms with Crippen LogP contribution < -0.4 is 4.72 Å². The highest BCUT2D eigenvalue weighted by molar-refractivity contribution is 7.87. The highest BCUT2D eigenvalue weighted by Gasteiger charge is 2.27. The summed E-state index contributed by atoms with van der Waals surface area (Å²) in [4.78, 5) is 15.2. The van der Waals surface area contributed by atoms with E-state index in [-0.39, 0.29) is 13.1 Å². The van der Waals surface area contributed by atoms with E-state index in [2.05, 4.69) is 9.71 Å². The van der Waals surface area contributed by atoms with Gasteiger partial charge in [0.15, 0.2) is 0 Å². The van der Waals surface area contributed by atoms with Gasteiger partial charge >= 0.3 is 10.2 Å². The van der Waals surface area contributed by atoms with Gasteiger partial charge in [-0.05, 0) is 6.07 Å². The average Bonchev–Trinajstić information content (AvgIpc) is 2.92. The van der Waals surface area contributed by atoms with Gasteiger partial charge in [0.05, 0.1) is 18.8 Å². The van der Waals surface area contributed by atoms with Crippen molar-refractivity contribution in [3.8, 4) is 0 Å². The quantitative estimate of drug-likeness (QED) is 0.862. The van der Waals surface area contributed by atoms with E-state index >= 15 is 0 Å². The molecule has 1 aliphatic rings. The minimum Gasteiger partial charge on any atom is -0.379 e. The first kappa shape index (κ1) is 14.1. The second-order valence-corrected chi connectivity index (χ2v) is 6.37. The Balaban J connectivity index is 1.82. The summed E-state index contributed by atoms with van der Waals surface area (Å²) in [5, 5.41) is 0.687. The first-order valence-electron chi connectivity index (χ1n) is 6.54. The van der Waals surface area contributed by atoms with Crippen molar-refractivity contribution in [2.45, 2.75) is 0 Å². The maximum Gasteiger partial charge on any atom is 0.304 e. The first-order valence-corrected chi connectivity index (χ1v) is 7.98. The molecule has 1 aliphatic heterocycles. The molecule has 0 saturated carbocycles. The van der Waals surface area contributed by atoms with Crippen molar-refractivity contribution in [2.75, 3.05) is 26.3 Å². The minimum absolute atomic E-state index is 0.247. The third-order valence-electron chi connectivity index (χ3n) is 3.37. The number of benzene rings is 1. The molecule has 7 nitrogen and oxygen atoms in total. The van der Waals surface area contributed by atoms with Crippen LogP contribution in [0.4, 0.5) is 0 Å². The van der Waals surface area contributed by atoms with Crippen molar-refractivity contribution in [1.29, 1.82) is 0 Å². The molecule has 3 rings (SSSR count). The first-order chi connectivity index (χ1) is 10.1. The summed E-state index contributed by atoms with van der Waals surface area (Å²) < 4.78 is 32.7. The van der Waals surface area contributed by atoms with Gasteiger partial charge in [0.25, 0.3) is 5.91 Å². The lowest BCUT2D eigenvalue weighted by Crippen LogP contribution is -2.48. The topological polar surface area (TPSA) is 91.5 Å². The SMILES string of the molecule is O=C(NS(=O)(=O)N1CCOCC1)c1c[nH]c2ccccc12. The molecule has 0 bridgehead atoms. The van der Waals surface area contributed by atoms with E-state index in [4.69, 9.17) is 4.74 Å². The predicted octanol–water partition coefficient (Wildman–Crippen LogP) is 0.475. The zero-order chi connectivity index (χ0) is 14.9. The third-order valence-corrected chi connectivity index (χ3v) is 4.85. The van der Waals surface area contributed by atoms with Crippen molar-refractivity contribution in [3.05, 3.63) is 36.0 Å². The number of morpholine rings is 1. The smallest absolute Gasteiger partial charge is 0.304 e. The van der Waals surface area contributed by atoms with Crippen molar-refractivity contribution >= 4 is 27.0 Å². The number of carbonyl (C=O) groups excluding carboxylic acids is 1. The third kappa shape index (κ3) is 2.78. The number of rotatable bonds is 3. The Hall–Kier alpha value is -1.90. The van der Waals surface area contributed by atoms with Gasteiger partial charge < -0.3 is 9.72 Å². The number of H-pyrrole nitrogens is 1. The van der Waals surface area contributed by atoms with Crippen LogP contribution in [0.5, 0.6) is 0 Å². The summed E-state index contributed by atoms with van der Waals surface area (Å²) >= 11 is 0. The van der Waals surface area contributed by atoms with Crippen LogP contribution in [0.3, 0.4) is 0 Å². The highest BCUT2D eigenvalue weighted by Crippen LogP contribution is 2.18. The van der Waals surface area contributed by atoms with Gasteiger partial charge in [-0.1, -0.05) is 18.2 Å². The van der Waals surface area contributed by atoms with E-state index in [0.29, 0.717) is 24.2 Å². The van der Waals surface area contributed by atoms with Crippen LogP contribution in [0.2, 0.25) is 0 Å². The zero-order valence-electron chi connectivity index (χ0n) is 11.2. The molecule has 0 atom stereocenters. The molecule has 1 saturated heterocycles. The number of hydrogen-bond donors (Lipinski definition) is 2. The monoisotopic (exact) mass is 309 g/mol. The number of hydrogen-bond acceptors (Lipinski definition) is 4. The fourth-order valence-corrected chi connectivity index (χ4v) is 3.39. The molecule has 0 unspecified atom stereocenters. The number of ether oxygens (including phenoxy) is 1. The Kier molecular flexibility index (Phi) is 3.66. The Morgan fingerprint density at radius 3 is 2.71 bits per heavy atom. The van der Waals surface area contributed by atoms with E-state index in [9.17, 15) is 13.2 Å². The Morgan fingerprint density at radius 1 is 1.24 bits per heavy atom.